The van der Waals surface area contributed by atoms with Crippen molar-refractivity contribution in [1.29, 1.82) is 0 Å². The fraction of sp³-hybridized carbons (Fsp3) is 0.174. The fourth-order valence-electron chi connectivity index (χ4n) is 3.65. The Balaban J connectivity index is 1.55. The predicted octanol–water partition coefficient (Wildman–Crippen LogP) is 4.73. The molecule has 3 aromatic rings. The second kappa shape index (κ2) is 10.2. The summed E-state index contributed by atoms with van der Waals surface area (Å²) in [6.07, 6.45) is 1.05. The van der Waals surface area contributed by atoms with Gasteiger partial charge in [-0.2, -0.15) is 0 Å². The molecule has 190 valence electrons. The zero-order valence-electron chi connectivity index (χ0n) is 18.9. The molecule has 1 amide bonds. The van der Waals surface area contributed by atoms with E-state index >= 15 is 0 Å². The summed E-state index contributed by atoms with van der Waals surface area (Å²) >= 11 is 12.0. The Bertz CT molecular complexity index is 1530. The molecular formula is C23H21Cl2N3O6S2. The third kappa shape index (κ3) is 5.39. The van der Waals surface area contributed by atoms with E-state index in [1.807, 2.05) is 0 Å². The average molecular weight is 570 g/mol. The highest BCUT2D eigenvalue weighted by Crippen LogP contribution is 2.34. The minimum atomic E-state index is -4.06. The molecule has 3 aromatic carbocycles. The molecule has 1 aliphatic rings. The van der Waals surface area contributed by atoms with Crippen LogP contribution in [0.5, 0.6) is 5.75 Å². The molecule has 0 atom stereocenters. The lowest BCUT2D eigenvalue weighted by atomic mass is 10.2. The lowest BCUT2D eigenvalue weighted by Crippen LogP contribution is -2.25. The molecule has 0 saturated carbocycles. The van der Waals surface area contributed by atoms with E-state index in [1.54, 1.807) is 6.07 Å². The van der Waals surface area contributed by atoms with Gasteiger partial charge in [-0.15, -0.1) is 0 Å². The molecule has 1 aliphatic heterocycles. The first-order chi connectivity index (χ1) is 17.0. The number of halogens is 2. The van der Waals surface area contributed by atoms with Gasteiger partial charge in [-0.05, 0) is 61.0 Å². The van der Waals surface area contributed by atoms with Crippen LogP contribution in [0.15, 0.2) is 70.5 Å². The lowest BCUT2D eigenvalue weighted by Gasteiger charge is -2.20. The number of methoxy groups -OCH3 is 1. The van der Waals surface area contributed by atoms with Crippen LogP contribution in [0.2, 0.25) is 10.0 Å². The highest BCUT2D eigenvalue weighted by molar-refractivity contribution is 7.93. The van der Waals surface area contributed by atoms with Crippen LogP contribution in [0.25, 0.3) is 0 Å². The molecule has 0 aromatic heterocycles. The van der Waals surface area contributed by atoms with E-state index in [0.29, 0.717) is 30.8 Å². The second-order valence-electron chi connectivity index (χ2n) is 7.82. The molecule has 0 radical (unpaired) electrons. The first-order valence-electron chi connectivity index (χ1n) is 10.6. The zero-order chi connectivity index (χ0) is 26.1. The highest BCUT2D eigenvalue weighted by Gasteiger charge is 2.27. The lowest BCUT2D eigenvalue weighted by molar-refractivity contribution is -0.117. The summed E-state index contributed by atoms with van der Waals surface area (Å²) in [6, 6.07) is 13.9. The maximum absolute atomic E-state index is 13.0. The molecule has 9 nitrogen and oxygen atoms in total. The van der Waals surface area contributed by atoms with Crippen molar-refractivity contribution in [2.75, 3.05) is 28.0 Å². The van der Waals surface area contributed by atoms with Crippen LogP contribution in [-0.2, 0) is 24.8 Å². The third-order valence-corrected chi connectivity index (χ3v) is 9.02. The van der Waals surface area contributed by atoms with Gasteiger partial charge in [-0.3, -0.25) is 14.2 Å². The van der Waals surface area contributed by atoms with Crippen molar-refractivity contribution in [2.45, 2.75) is 22.6 Å². The van der Waals surface area contributed by atoms with Gasteiger partial charge in [-0.25, -0.2) is 16.8 Å². The van der Waals surface area contributed by atoms with E-state index in [4.69, 9.17) is 27.9 Å². The van der Waals surface area contributed by atoms with Crippen molar-refractivity contribution in [3.05, 3.63) is 70.7 Å². The van der Waals surface area contributed by atoms with Crippen molar-refractivity contribution >= 4 is 66.2 Å². The smallest absolute Gasteiger partial charge is 0.261 e. The molecule has 2 N–H and O–H groups in total. The summed E-state index contributed by atoms with van der Waals surface area (Å²) in [5.74, 6) is 0.270. The van der Waals surface area contributed by atoms with Crippen molar-refractivity contribution in [2.24, 2.45) is 0 Å². The monoisotopic (exact) mass is 569 g/mol. The maximum atomic E-state index is 13.0. The number of nitrogens with zero attached hydrogens (tertiary/aromatic N) is 1. The topological polar surface area (TPSA) is 122 Å². The molecule has 0 aliphatic carbocycles. The van der Waals surface area contributed by atoms with E-state index in [2.05, 4.69) is 9.44 Å². The van der Waals surface area contributed by atoms with E-state index in [9.17, 15) is 21.6 Å². The Hall–Kier alpha value is -2.99. The molecule has 4 rings (SSSR count). The molecule has 1 saturated heterocycles. The Morgan fingerprint density at radius 2 is 1.56 bits per heavy atom. The number of anilines is 3. The fourth-order valence-corrected chi connectivity index (χ4v) is 6.21. The molecule has 36 heavy (non-hydrogen) atoms. The van der Waals surface area contributed by atoms with E-state index in [-0.39, 0.29) is 37.1 Å². The Kier molecular flexibility index (Phi) is 7.37. The normalized spacial score (nSPS) is 14.1. The summed E-state index contributed by atoms with van der Waals surface area (Å²) in [7, 11) is -6.63. The highest BCUT2D eigenvalue weighted by atomic mass is 35.5. The number of benzene rings is 3. The van der Waals surface area contributed by atoms with Crippen LogP contribution in [0, 0.1) is 0 Å². The van der Waals surface area contributed by atoms with Gasteiger partial charge in [0.1, 0.15) is 5.75 Å². The number of sulfonamides is 2. The maximum Gasteiger partial charge on any atom is 0.261 e. The van der Waals surface area contributed by atoms with E-state index in [1.165, 1.54) is 66.6 Å². The summed E-state index contributed by atoms with van der Waals surface area (Å²) in [4.78, 5) is 13.5. The SMILES string of the molecule is COc1ccc(S(=O)(=O)Nc2ccc(S(=O)(=O)Nc3cccc(Cl)c3Cl)cc2)cc1N1CCCC1=O. The standard InChI is InChI=1S/C23H21Cl2N3O6S2/c1-34-21-12-11-17(14-20(21)28-13-3-6-22(28)29)36(32,33)26-15-7-9-16(10-8-15)35(30,31)27-19-5-2-4-18(24)23(19)25/h2,4-5,7-12,14,26-27H,3,6,13H2,1H3. The van der Waals surface area contributed by atoms with Gasteiger partial charge in [-0.1, -0.05) is 29.3 Å². The minimum Gasteiger partial charge on any atom is -0.495 e. The zero-order valence-corrected chi connectivity index (χ0v) is 22.0. The van der Waals surface area contributed by atoms with Gasteiger partial charge in [0.25, 0.3) is 20.0 Å². The van der Waals surface area contributed by atoms with Crippen molar-refractivity contribution in [1.82, 2.24) is 0 Å². The summed E-state index contributed by atoms with van der Waals surface area (Å²) in [6.45, 7) is 0.469. The van der Waals surface area contributed by atoms with E-state index < -0.39 is 20.0 Å². The number of rotatable bonds is 8. The molecule has 1 heterocycles. The Morgan fingerprint density at radius 1 is 0.889 bits per heavy atom. The Morgan fingerprint density at radius 3 is 2.19 bits per heavy atom. The largest absolute Gasteiger partial charge is 0.495 e. The van der Waals surface area contributed by atoms with Gasteiger partial charge in [0.15, 0.2) is 0 Å². The van der Waals surface area contributed by atoms with Crippen molar-refractivity contribution in [3.8, 4) is 5.75 Å². The van der Waals surface area contributed by atoms with Gasteiger partial charge >= 0.3 is 0 Å². The number of carbonyl (C=O) groups excluding carboxylic acids is 1. The molecular weight excluding hydrogens is 549 g/mol. The van der Waals surface area contributed by atoms with Crippen molar-refractivity contribution in [3.63, 3.8) is 0 Å². The van der Waals surface area contributed by atoms with Crippen LogP contribution in [-0.4, -0.2) is 36.4 Å². The summed E-state index contributed by atoms with van der Waals surface area (Å²) < 4.78 is 61.6. The molecule has 0 spiro atoms. The number of hydrogen-bond donors (Lipinski definition) is 2. The van der Waals surface area contributed by atoms with Crippen LogP contribution < -0.4 is 19.1 Å². The van der Waals surface area contributed by atoms with Gasteiger partial charge in [0.05, 0.1) is 38.3 Å². The number of amides is 1. The summed E-state index contributed by atoms with van der Waals surface area (Å²) in [5.41, 5.74) is 0.625. The number of nitrogens with one attached hydrogen (secondary N) is 2. The van der Waals surface area contributed by atoms with E-state index in [0.717, 1.165) is 0 Å². The summed E-state index contributed by atoms with van der Waals surface area (Å²) in [5, 5.41) is 0.249. The molecule has 0 bridgehead atoms. The quantitative estimate of drug-likeness (QED) is 0.404. The molecule has 0 unspecified atom stereocenters. The number of hydrogen-bond acceptors (Lipinski definition) is 6. The first kappa shape index (κ1) is 26.1. The Labute approximate surface area is 219 Å². The molecule has 13 heteroatoms. The minimum absolute atomic E-state index is 0.0570. The van der Waals surface area contributed by atoms with Crippen LogP contribution in [0.4, 0.5) is 17.1 Å². The average Bonchev–Trinajstić information content (AvgIpc) is 3.27. The predicted molar refractivity (Wildman–Crippen MR) is 139 cm³/mol. The third-order valence-electron chi connectivity index (χ3n) is 5.44. The van der Waals surface area contributed by atoms with Crippen LogP contribution in [0.3, 0.4) is 0 Å². The van der Waals surface area contributed by atoms with Crippen LogP contribution in [0.1, 0.15) is 12.8 Å². The molecule has 1 fully saturated rings. The van der Waals surface area contributed by atoms with Crippen LogP contribution >= 0.6 is 23.2 Å². The number of carbonyl (C=O) groups is 1. The van der Waals surface area contributed by atoms with Crippen molar-refractivity contribution < 1.29 is 26.4 Å². The van der Waals surface area contributed by atoms with Gasteiger partial charge in [0, 0.05) is 18.7 Å². The number of ether oxygens (including phenoxy) is 1. The van der Waals surface area contributed by atoms with Gasteiger partial charge in [0.2, 0.25) is 5.91 Å². The second-order valence-corrected chi connectivity index (χ2v) is 12.0. The van der Waals surface area contributed by atoms with Gasteiger partial charge < -0.3 is 9.64 Å². The first-order valence-corrected chi connectivity index (χ1v) is 14.3.